The molecule has 34 heavy (non-hydrogen) atoms. The standard InChI is InChI=1S/C24H28N2O7S/c1-4-33-21-10-15(8-9-20(21)32-2)17(14-34(3,30)31)11-22(29)26-18-7-5-6-16-12-25-24(23(16)18)19(28)13-27/h5-10,13,17,24-25H,4,11-12,14H2,1-3H3,(H,26,29). The van der Waals surface area contributed by atoms with Gasteiger partial charge in [-0.15, -0.1) is 0 Å². The van der Waals surface area contributed by atoms with Crippen LogP contribution >= 0.6 is 0 Å². The lowest BCUT2D eigenvalue weighted by Gasteiger charge is -2.19. The maximum Gasteiger partial charge on any atom is 0.225 e. The van der Waals surface area contributed by atoms with Crippen molar-refractivity contribution in [2.75, 3.05) is 31.0 Å². The predicted octanol–water partition coefficient (Wildman–Crippen LogP) is 2.16. The van der Waals surface area contributed by atoms with Gasteiger partial charge < -0.3 is 14.8 Å². The van der Waals surface area contributed by atoms with E-state index in [0.717, 1.165) is 11.8 Å². The predicted molar refractivity (Wildman–Crippen MR) is 127 cm³/mol. The van der Waals surface area contributed by atoms with Crippen molar-refractivity contribution in [1.82, 2.24) is 5.32 Å². The van der Waals surface area contributed by atoms with Crippen molar-refractivity contribution in [3.8, 4) is 11.5 Å². The summed E-state index contributed by atoms with van der Waals surface area (Å²) in [5.74, 6) is -0.951. The van der Waals surface area contributed by atoms with E-state index in [2.05, 4.69) is 10.6 Å². The van der Waals surface area contributed by atoms with E-state index < -0.39 is 33.5 Å². The van der Waals surface area contributed by atoms with E-state index in [4.69, 9.17) is 9.47 Å². The first kappa shape index (κ1) is 25.4. The summed E-state index contributed by atoms with van der Waals surface area (Å²) in [5, 5.41) is 5.78. The molecule has 0 aliphatic carbocycles. The number of ether oxygens (including phenoxy) is 2. The normalized spacial score (nSPS) is 15.8. The van der Waals surface area contributed by atoms with Gasteiger partial charge in [0.2, 0.25) is 11.7 Å². The zero-order valence-corrected chi connectivity index (χ0v) is 20.1. The summed E-state index contributed by atoms with van der Waals surface area (Å²) in [7, 11) is -1.90. The van der Waals surface area contributed by atoms with Crippen LogP contribution in [-0.4, -0.2) is 52.1 Å². The molecule has 10 heteroatoms. The highest BCUT2D eigenvalue weighted by molar-refractivity contribution is 7.90. The Morgan fingerprint density at radius 2 is 2.00 bits per heavy atom. The summed E-state index contributed by atoms with van der Waals surface area (Å²) in [6.07, 6.45) is 1.26. The van der Waals surface area contributed by atoms with Crippen LogP contribution in [0.3, 0.4) is 0 Å². The number of Topliss-reactive ketones (excluding diaryl/α,β-unsaturated/α-hetero) is 1. The maximum absolute atomic E-state index is 13.0. The summed E-state index contributed by atoms with van der Waals surface area (Å²) in [6.45, 7) is 2.61. The van der Waals surface area contributed by atoms with Crippen molar-refractivity contribution in [3.05, 3.63) is 53.1 Å². The highest BCUT2D eigenvalue weighted by Crippen LogP contribution is 2.35. The van der Waals surface area contributed by atoms with Crippen molar-refractivity contribution >= 4 is 33.5 Å². The molecule has 0 aromatic heterocycles. The molecule has 9 nitrogen and oxygen atoms in total. The van der Waals surface area contributed by atoms with Gasteiger partial charge in [-0.1, -0.05) is 18.2 Å². The van der Waals surface area contributed by atoms with Gasteiger partial charge in [0.05, 0.1) is 19.5 Å². The SMILES string of the molecule is CCOc1cc(C(CC(=O)Nc2cccc3c2C(C(=O)C=O)NC3)CS(C)(=O)=O)ccc1OC. The molecule has 0 bridgehead atoms. The summed E-state index contributed by atoms with van der Waals surface area (Å²) in [4.78, 5) is 36.1. The number of amides is 1. The fourth-order valence-electron chi connectivity index (χ4n) is 4.12. The van der Waals surface area contributed by atoms with Gasteiger partial charge in [0.15, 0.2) is 17.8 Å². The monoisotopic (exact) mass is 488 g/mol. The smallest absolute Gasteiger partial charge is 0.225 e. The van der Waals surface area contributed by atoms with Gasteiger partial charge in [0.25, 0.3) is 0 Å². The average Bonchev–Trinajstić information content (AvgIpc) is 3.22. The van der Waals surface area contributed by atoms with Crippen LogP contribution in [0, 0.1) is 0 Å². The zero-order valence-electron chi connectivity index (χ0n) is 19.3. The molecule has 0 spiro atoms. The number of ketones is 1. The molecule has 0 fully saturated rings. The summed E-state index contributed by atoms with van der Waals surface area (Å²) in [5.41, 5.74) is 2.40. The fraction of sp³-hybridized carbons (Fsp3) is 0.375. The molecule has 2 N–H and O–H groups in total. The second-order valence-corrected chi connectivity index (χ2v) is 10.3. The summed E-state index contributed by atoms with van der Waals surface area (Å²) < 4.78 is 35.1. The number of carbonyl (C=O) groups excluding carboxylic acids is 3. The van der Waals surface area contributed by atoms with Gasteiger partial charge >= 0.3 is 0 Å². The number of fused-ring (bicyclic) bond motifs is 1. The lowest BCUT2D eigenvalue weighted by atomic mass is 9.96. The number of sulfone groups is 1. The van der Waals surface area contributed by atoms with Gasteiger partial charge in [-0.3, -0.25) is 19.7 Å². The van der Waals surface area contributed by atoms with Crippen molar-refractivity contribution in [2.45, 2.75) is 31.8 Å². The van der Waals surface area contributed by atoms with Gasteiger partial charge in [0.1, 0.15) is 15.9 Å². The topological polar surface area (TPSA) is 128 Å². The van der Waals surface area contributed by atoms with E-state index in [9.17, 15) is 22.8 Å². The Morgan fingerprint density at radius 1 is 1.24 bits per heavy atom. The molecule has 2 unspecified atom stereocenters. The number of aldehydes is 1. The number of carbonyl (C=O) groups is 3. The quantitative estimate of drug-likeness (QED) is 0.364. The lowest BCUT2D eigenvalue weighted by Crippen LogP contribution is -2.25. The zero-order chi connectivity index (χ0) is 24.9. The van der Waals surface area contributed by atoms with Gasteiger partial charge in [-0.05, 0) is 36.2 Å². The second kappa shape index (κ2) is 10.8. The number of hydrogen-bond acceptors (Lipinski definition) is 8. The third-order valence-corrected chi connectivity index (χ3v) is 6.56. The van der Waals surface area contributed by atoms with Crippen LogP contribution in [0.15, 0.2) is 36.4 Å². The first-order valence-corrected chi connectivity index (χ1v) is 12.8. The van der Waals surface area contributed by atoms with E-state index in [0.29, 0.717) is 41.5 Å². The van der Waals surface area contributed by atoms with Crippen LogP contribution in [0.25, 0.3) is 0 Å². The number of nitrogens with one attached hydrogen (secondary N) is 2. The minimum atomic E-state index is -3.41. The third kappa shape index (κ3) is 6.00. The molecule has 2 atom stereocenters. The van der Waals surface area contributed by atoms with E-state index in [1.807, 2.05) is 13.0 Å². The minimum Gasteiger partial charge on any atom is -0.493 e. The van der Waals surface area contributed by atoms with E-state index >= 15 is 0 Å². The molecular formula is C24H28N2O7S. The average molecular weight is 489 g/mol. The number of anilines is 1. The molecule has 2 aromatic rings. The van der Waals surface area contributed by atoms with Crippen molar-refractivity contribution in [1.29, 1.82) is 0 Å². The molecule has 3 rings (SSSR count). The molecule has 0 saturated carbocycles. The number of methoxy groups -OCH3 is 1. The molecular weight excluding hydrogens is 460 g/mol. The van der Waals surface area contributed by atoms with E-state index in [-0.39, 0.29) is 18.5 Å². The summed E-state index contributed by atoms with van der Waals surface area (Å²) >= 11 is 0. The number of rotatable bonds is 11. The van der Waals surface area contributed by atoms with Crippen LogP contribution in [0.1, 0.15) is 42.0 Å². The van der Waals surface area contributed by atoms with Crippen LogP contribution < -0.4 is 20.1 Å². The Kier molecular flexibility index (Phi) is 8.06. The third-order valence-electron chi connectivity index (χ3n) is 5.55. The Balaban J connectivity index is 1.88. The second-order valence-electron chi connectivity index (χ2n) is 8.10. The van der Waals surface area contributed by atoms with Crippen LogP contribution in [0.4, 0.5) is 5.69 Å². The molecule has 1 heterocycles. The van der Waals surface area contributed by atoms with Gasteiger partial charge in [-0.2, -0.15) is 0 Å². The van der Waals surface area contributed by atoms with Gasteiger partial charge in [0, 0.05) is 36.4 Å². The van der Waals surface area contributed by atoms with Crippen molar-refractivity contribution < 1.29 is 32.3 Å². The van der Waals surface area contributed by atoms with Crippen LogP contribution in [-0.2, 0) is 30.8 Å². The van der Waals surface area contributed by atoms with Gasteiger partial charge in [-0.25, -0.2) is 8.42 Å². The Hall–Kier alpha value is -3.24. The molecule has 1 amide bonds. The number of hydrogen-bond donors (Lipinski definition) is 2. The highest BCUT2D eigenvalue weighted by Gasteiger charge is 2.31. The molecule has 0 saturated heterocycles. The van der Waals surface area contributed by atoms with Crippen LogP contribution in [0.5, 0.6) is 11.5 Å². The molecule has 2 aromatic carbocycles. The molecule has 1 aliphatic heterocycles. The lowest BCUT2D eigenvalue weighted by molar-refractivity contribution is -0.131. The van der Waals surface area contributed by atoms with E-state index in [1.54, 1.807) is 30.3 Å². The largest absolute Gasteiger partial charge is 0.493 e. The van der Waals surface area contributed by atoms with E-state index in [1.165, 1.54) is 7.11 Å². The van der Waals surface area contributed by atoms with Crippen LogP contribution in [0.2, 0.25) is 0 Å². The Bertz CT molecular complexity index is 1190. The molecule has 1 aliphatic rings. The maximum atomic E-state index is 13.0. The number of benzene rings is 2. The highest BCUT2D eigenvalue weighted by atomic mass is 32.2. The first-order valence-electron chi connectivity index (χ1n) is 10.8. The summed E-state index contributed by atoms with van der Waals surface area (Å²) in [6, 6.07) is 9.47. The fourth-order valence-corrected chi connectivity index (χ4v) is 5.16. The van der Waals surface area contributed by atoms with Crippen molar-refractivity contribution in [3.63, 3.8) is 0 Å². The molecule has 0 radical (unpaired) electrons. The van der Waals surface area contributed by atoms with Crippen molar-refractivity contribution in [2.24, 2.45) is 0 Å². The first-order chi connectivity index (χ1) is 16.2. The minimum absolute atomic E-state index is 0.117. The Labute approximate surface area is 198 Å². The molecule has 182 valence electrons. The Morgan fingerprint density at radius 3 is 2.65 bits per heavy atom.